The molecule has 7 heteroatoms. The van der Waals surface area contributed by atoms with E-state index in [1.807, 2.05) is 0 Å². The number of hydrogen-bond acceptors (Lipinski definition) is 3. The van der Waals surface area contributed by atoms with Crippen LogP contribution in [0.1, 0.15) is 15.9 Å². The van der Waals surface area contributed by atoms with Gasteiger partial charge >= 0.3 is 5.97 Å². The van der Waals surface area contributed by atoms with E-state index in [0.29, 0.717) is 5.56 Å². The van der Waals surface area contributed by atoms with Crippen LogP contribution in [-0.4, -0.2) is 19.5 Å². The molecule has 0 aromatic heterocycles. The van der Waals surface area contributed by atoms with Crippen LogP contribution in [0, 0.1) is 6.92 Å². The molecule has 0 unspecified atom stereocenters. The number of aromatic carboxylic acids is 1. The first-order chi connectivity index (χ1) is 9.79. The molecule has 0 saturated carbocycles. The monoisotopic (exact) mass is 369 g/mol. The van der Waals surface area contributed by atoms with E-state index in [2.05, 4.69) is 20.7 Å². The molecule has 0 spiro atoms. The van der Waals surface area contributed by atoms with Crippen LogP contribution in [0.5, 0.6) is 0 Å². The summed E-state index contributed by atoms with van der Waals surface area (Å²) >= 11 is 3.23. The number of nitrogens with one attached hydrogen (secondary N) is 1. The molecule has 0 heterocycles. The van der Waals surface area contributed by atoms with Crippen molar-refractivity contribution < 1.29 is 18.3 Å². The summed E-state index contributed by atoms with van der Waals surface area (Å²) in [7, 11) is -3.75. The Balaban J connectivity index is 2.35. The molecule has 0 amide bonds. The highest BCUT2D eigenvalue weighted by molar-refractivity contribution is 9.10. The Labute approximate surface area is 130 Å². The van der Waals surface area contributed by atoms with Gasteiger partial charge in [-0.3, -0.25) is 4.72 Å². The average Bonchev–Trinajstić information content (AvgIpc) is 2.41. The summed E-state index contributed by atoms with van der Waals surface area (Å²) in [6.07, 6.45) is 0. The largest absolute Gasteiger partial charge is 0.478 e. The Morgan fingerprint density at radius 1 is 1.14 bits per heavy atom. The van der Waals surface area contributed by atoms with Crippen LogP contribution < -0.4 is 4.72 Å². The number of rotatable bonds is 4. The van der Waals surface area contributed by atoms with Crippen LogP contribution in [-0.2, 0) is 10.0 Å². The number of carboxylic acids is 1. The maximum absolute atomic E-state index is 12.2. The lowest BCUT2D eigenvalue weighted by molar-refractivity contribution is 0.0696. The molecule has 0 fully saturated rings. The van der Waals surface area contributed by atoms with Gasteiger partial charge < -0.3 is 5.11 Å². The Kier molecular flexibility index (Phi) is 4.34. The van der Waals surface area contributed by atoms with Crippen LogP contribution in [0.2, 0.25) is 0 Å². The summed E-state index contributed by atoms with van der Waals surface area (Å²) in [6.45, 7) is 1.65. The van der Waals surface area contributed by atoms with Gasteiger partial charge in [0.05, 0.1) is 10.5 Å². The van der Waals surface area contributed by atoms with Crippen molar-refractivity contribution in [1.29, 1.82) is 0 Å². The normalized spacial score (nSPS) is 11.1. The summed E-state index contributed by atoms with van der Waals surface area (Å²) < 4.78 is 27.5. The van der Waals surface area contributed by atoms with Crippen molar-refractivity contribution in [3.63, 3.8) is 0 Å². The Morgan fingerprint density at radius 2 is 1.76 bits per heavy atom. The highest BCUT2D eigenvalue weighted by atomic mass is 79.9. The topological polar surface area (TPSA) is 83.5 Å². The fraction of sp³-hybridized carbons (Fsp3) is 0.0714. The second-order valence-corrected chi connectivity index (χ2v) is 6.99. The van der Waals surface area contributed by atoms with Gasteiger partial charge in [-0.15, -0.1) is 0 Å². The molecule has 0 atom stereocenters. The first-order valence-corrected chi connectivity index (χ1v) is 8.19. The van der Waals surface area contributed by atoms with Gasteiger partial charge in [-0.2, -0.15) is 0 Å². The highest BCUT2D eigenvalue weighted by Gasteiger charge is 2.15. The average molecular weight is 370 g/mol. The quantitative estimate of drug-likeness (QED) is 0.866. The van der Waals surface area contributed by atoms with Gasteiger partial charge in [0.15, 0.2) is 0 Å². The maximum Gasteiger partial charge on any atom is 0.336 e. The molecule has 0 aliphatic carbocycles. The van der Waals surface area contributed by atoms with E-state index in [0.717, 1.165) is 4.47 Å². The molecule has 0 saturated heterocycles. The van der Waals surface area contributed by atoms with E-state index in [9.17, 15) is 13.2 Å². The summed E-state index contributed by atoms with van der Waals surface area (Å²) in [6, 6.07) is 10.5. The minimum Gasteiger partial charge on any atom is -0.478 e. The summed E-state index contributed by atoms with van der Waals surface area (Å²) in [5.41, 5.74) is 0.834. The third-order valence-electron chi connectivity index (χ3n) is 2.84. The van der Waals surface area contributed by atoms with Crippen LogP contribution in [0.3, 0.4) is 0 Å². The number of anilines is 1. The van der Waals surface area contributed by atoms with Gasteiger partial charge in [0.25, 0.3) is 10.0 Å². The van der Waals surface area contributed by atoms with E-state index >= 15 is 0 Å². The molecule has 0 bridgehead atoms. The van der Waals surface area contributed by atoms with E-state index < -0.39 is 16.0 Å². The molecular weight excluding hydrogens is 358 g/mol. The highest BCUT2D eigenvalue weighted by Crippen LogP contribution is 2.20. The second-order valence-electron chi connectivity index (χ2n) is 4.39. The zero-order valence-electron chi connectivity index (χ0n) is 11.0. The Morgan fingerprint density at radius 3 is 2.33 bits per heavy atom. The third kappa shape index (κ3) is 3.62. The van der Waals surface area contributed by atoms with Crippen molar-refractivity contribution in [3.8, 4) is 0 Å². The molecule has 2 rings (SSSR count). The maximum atomic E-state index is 12.2. The van der Waals surface area contributed by atoms with Gasteiger partial charge in [0.2, 0.25) is 0 Å². The van der Waals surface area contributed by atoms with Gasteiger partial charge in [-0.1, -0.05) is 22.0 Å². The van der Waals surface area contributed by atoms with E-state index in [1.165, 1.54) is 24.3 Å². The number of halogens is 1. The molecule has 21 heavy (non-hydrogen) atoms. The van der Waals surface area contributed by atoms with Crippen LogP contribution in [0.15, 0.2) is 51.8 Å². The van der Waals surface area contributed by atoms with Crippen molar-refractivity contribution in [1.82, 2.24) is 0 Å². The lowest BCUT2D eigenvalue weighted by Crippen LogP contribution is -2.13. The number of aryl methyl sites for hydroxylation is 1. The standard InChI is InChI=1S/C14H12BrNO4S/c1-9-2-5-11(8-13(9)14(17)18)16-21(19,20)12-6-3-10(15)4-7-12/h2-8,16H,1H3,(H,17,18). The fourth-order valence-electron chi connectivity index (χ4n) is 1.74. The lowest BCUT2D eigenvalue weighted by atomic mass is 10.1. The zero-order valence-corrected chi connectivity index (χ0v) is 13.4. The van der Waals surface area contributed by atoms with E-state index in [-0.39, 0.29) is 16.1 Å². The fourth-order valence-corrected chi connectivity index (χ4v) is 3.06. The molecule has 2 N–H and O–H groups in total. The molecule has 2 aromatic carbocycles. The molecule has 0 aliphatic heterocycles. The summed E-state index contributed by atoms with van der Waals surface area (Å²) in [5, 5.41) is 9.05. The van der Waals surface area contributed by atoms with E-state index in [4.69, 9.17) is 5.11 Å². The Bertz CT molecular complexity index is 785. The van der Waals surface area contributed by atoms with Gasteiger partial charge in [0.1, 0.15) is 0 Å². The SMILES string of the molecule is Cc1ccc(NS(=O)(=O)c2ccc(Br)cc2)cc1C(=O)O. The number of carboxylic acid groups (broad SMARTS) is 1. The Hall–Kier alpha value is -1.86. The first kappa shape index (κ1) is 15.5. The van der Waals surface area contributed by atoms with Gasteiger partial charge in [-0.25, -0.2) is 13.2 Å². The van der Waals surface area contributed by atoms with E-state index in [1.54, 1.807) is 25.1 Å². The van der Waals surface area contributed by atoms with Gasteiger partial charge in [-0.05, 0) is 48.9 Å². The number of hydrogen-bond donors (Lipinski definition) is 2. The summed E-state index contributed by atoms with van der Waals surface area (Å²) in [5.74, 6) is -1.10. The van der Waals surface area contributed by atoms with Crippen molar-refractivity contribution in [2.45, 2.75) is 11.8 Å². The van der Waals surface area contributed by atoms with Crippen molar-refractivity contribution in [3.05, 3.63) is 58.1 Å². The zero-order chi connectivity index (χ0) is 15.6. The van der Waals surface area contributed by atoms with Crippen molar-refractivity contribution in [2.24, 2.45) is 0 Å². The smallest absolute Gasteiger partial charge is 0.336 e. The summed E-state index contributed by atoms with van der Waals surface area (Å²) in [4.78, 5) is 11.2. The molecule has 110 valence electrons. The predicted molar refractivity (Wildman–Crippen MR) is 83.1 cm³/mol. The van der Waals surface area contributed by atoms with Crippen LogP contribution in [0.25, 0.3) is 0 Å². The van der Waals surface area contributed by atoms with Crippen molar-refractivity contribution >= 4 is 37.6 Å². The van der Waals surface area contributed by atoms with Crippen molar-refractivity contribution in [2.75, 3.05) is 4.72 Å². The predicted octanol–water partition coefficient (Wildman–Crippen LogP) is 3.26. The number of carbonyl (C=O) groups is 1. The first-order valence-electron chi connectivity index (χ1n) is 5.92. The number of benzene rings is 2. The van der Waals surface area contributed by atoms with Crippen LogP contribution in [0.4, 0.5) is 5.69 Å². The number of sulfonamides is 1. The van der Waals surface area contributed by atoms with Crippen LogP contribution >= 0.6 is 15.9 Å². The molecule has 5 nitrogen and oxygen atoms in total. The molecular formula is C14H12BrNO4S. The lowest BCUT2D eigenvalue weighted by Gasteiger charge is -2.10. The molecule has 0 aliphatic rings. The van der Waals surface area contributed by atoms with Gasteiger partial charge in [0, 0.05) is 10.2 Å². The third-order valence-corrected chi connectivity index (χ3v) is 4.77. The second kappa shape index (κ2) is 5.87. The minimum atomic E-state index is -3.75. The molecule has 2 aromatic rings. The molecule has 0 radical (unpaired) electrons. The minimum absolute atomic E-state index is 0.0611.